The summed E-state index contributed by atoms with van der Waals surface area (Å²) in [6.45, 7) is 6.51. The molecular weight excluding hydrogens is 401 g/mol. The third-order valence-electron chi connectivity index (χ3n) is 4.74. The Morgan fingerprint density at radius 2 is 1.93 bits per heavy atom. The lowest BCUT2D eigenvalue weighted by Crippen LogP contribution is -2.51. The number of carbonyl (C=O) groups is 2. The first-order valence-corrected chi connectivity index (χ1v) is 9.68. The fourth-order valence-corrected chi connectivity index (χ4v) is 3.51. The molecule has 3 heterocycles. The maximum absolute atomic E-state index is 13.1. The van der Waals surface area contributed by atoms with Gasteiger partial charge in [-0.05, 0) is 52.3 Å². The van der Waals surface area contributed by atoms with E-state index in [2.05, 4.69) is 20.8 Å². The predicted molar refractivity (Wildman–Crippen MR) is 103 cm³/mol. The number of carbonyl (C=O) groups excluding carboxylic acids is 2. The lowest BCUT2D eigenvalue weighted by Gasteiger charge is -2.31. The van der Waals surface area contributed by atoms with Gasteiger partial charge in [0.05, 0.1) is 12.1 Å². The van der Waals surface area contributed by atoms with Crippen molar-refractivity contribution in [3.05, 3.63) is 29.7 Å². The minimum atomic E-state index is -4.46. The monoisotopic (exact) mass is 426 g/mol. The second-order valence-corrected chi connectivity index (χ2v) is 8.53. The van der Waals surface area contributed by atoms with E-state index in [1.807, 2.05) is 4.90 Å². The van der Waals surface area contributed by atoms with Gasteiger partial charge in [0.2, 0.25) is 5.91 Å². The van der Waals surface area contributed by atoms with Crippen molar-refractivity contribution in [3.63, 3.8) is 0 Å². The molecule has 1 unspecified atom stereocenters. The first-order valence-electron chi connectivity index (χ1n) is 9.68. The summed E-state index contributed by atoms with van der Waals surface area (Å²) >= 11 is 0. The van der Waals surface area contributed by atoms with Crippen molar-refractivity contribution >= 4 is 17.6 Å². The fraction of sp³-hybridized carbons (Fsp3) is 0.579. The van der Waals surface area contributed by atoms with Gasteiger partial charge in [0, 0.05) is 24.2 Å². The van der Waals surface area contributed by atoms with E-state index in [0.29, 0.717) is 24.6 Å². The van der Waals surface area contributed by atoms with E-state index in [0.717, 1.165) is 25.1 Å². The molecule has 8 nitrogen and oxygen atoms in total. The van der Waals surface area contributed by atoms with Gasteiger partial charge in [-0.1, -0.05) is 0 Å². The lowest BCUT2D eigenvalue weighted by atomic mass is 9.97. The summed E-state index contributed by atoms with van der Waals surface area (Å²) in [6, 6.07) is 1.71. The largest absolute Gasteiger partial charge is 0.417 e. The number of nitrogens with one attached hydrogen (secondary N) is 2. The molecule has 30 heavy (non-hydrogen) atoms. The Morgan fingerprint density at radius 3 is 2.60 bits per heavy atom. The number of pyridine rings is 1. The van der Waals surface area contributed by atoms with Crippen molar-refractivity contribution in [1.29, 1.82) is 0 Å². The van der Waals surface area contributed by atoms with E-state index in [-0.39, 0.29) is 12.5 Å². The second-order valence-electron chi connectivity index (χ2n) is 8.53. The Balaban J connectivity index is 1.68. The molecule has 164 valence electrons. The number of piperidine rings is 1. The molecular formula is C19H25F3N6O2. The molecule has 0 bridgehead atoms. The molecule has 1 aliphatic heterocycles. The van der Waals surface area contributed by atoms with Gasteiger partial charge in [-0.25, -0.2) is 4.79 Å². The number of alkyl halides is 3. The lowest BCUT2D eigenvalue weighted by molar-refractivity contribution is -0.137. The van der Waals surface area contributed by atoms with Gasteiger partial charge in [-0.2, -0.15) is 13.2 Å². The van der Waals surface area contributed by atoms with E-state index < -0.39 is 29.2 Å². The summed E-state index contributed by atoms with van der Waals surface area (Å²) in [5, 5.41) is 13.0. The Morgan fingerprint density at radius 1 is 1.20 bits per heavy atom. The molecule has 11 heteroatoms. The van der Waals surface area contributed by atoms with Crippen LogP contribution >= 0.6 is 0 Å². The standard InChI is InChI=1S/C19H25F3N6O2/c1-18(2,3)24-17(30)23-15(29)11-27-8-4-5-12(9-27)16-26-25-14-7-6-13(10-28(14)16)19(20,21)22/h6-7,10,12H,4-5,8-9,11H2,1-3H3,(H2,23,24,29,30). The number of urea groups is 1. The third kappa shape index (κ3) is 5.47. The molecule has 1 atom stereocenters. The smallest absolute Gasteiger partial charge is 0.333 e. The summed E-state index contributed by atoms with van der Waals surface area (Å²) in [6.07, 6.45) is -1.98. The number of nitrogens with zero attached hydrogens (tertiary/aromatic N) is 4. The molecule has 0 saturated carbocycles. The minimum absolute atomic E-state index is 0.0125. The van der Waals surface area contributed by atoms with Crippen LogP contribution in [0.3, 0.4) is 0 Å². The van der Waals surface area contributed by atoms with E-state index in [9.17, 15) is 22.8 Å². The van der Waals surface area contributed by atoms with Crippen LogP contribution in [0.15, 0.2) is 18.3 Å². The Labute approximate surface area is 171 Å². The van der Waals surface area contributed by atoms with E-state index in [4.69, 9.17) is 0 Å². The number of amides is 3. The van der Waals surface area contributed by atoms with Crippen LogP contribution in [0.25, 0.3) is 5.65 Å². The molecule has 1 aliphatic rings. The molecule has 0 spiro atoms. The van der Waals surface area contributed by atoms with Crippen molar-refractivity contribution in [2.75, 3.05) is 19.6 Å². The number of aromatic nitrogens is 3. The van der Waals surface area contributed by atoms with Crippen LogP contribution in [0.2, 0.25) is 0 Å². The van der Waals surface area contributed by atoms with Gasteiger partial charge < -0.3 is 5.32 Å². The maximum atomic E-state index is 13.1. The summed E-state index contributed by atoms with van der Waals surface area (Å²) < 4.78 is 40.6. The van der Waals surface area contributed by atoms with Crippen molar-refractivity contribution in [3.8, 4) is 0 Å². The fourth-order valence-electron chi connectivity index (χ4n) is 3.51. The average molecular weight is 426 g/mol. The molecule has 3 rings (SSSR count). The van der Waals surface area contributed by atoms with Crippen LogP contribution in [0.4, 0.5) is 18.0 Å². The van der Waals surface area contributed by atoms with Crippen molar-refractivity contribution in [2.24, 2.45) is 0 Å². The zero-order chi connectivity index (χ0) is 22.1. The summed E-state index contributed by atoms with van der Waals surface area (Å²) in [7, 11) is 0. The first kappa shape index (κ1) is 22.0. The minimum Gasteiger partial charge on any atom is -0.333 e. The van der Waals surface area contributed by atoms with Gasteiger partial charge in [0.15, 0.2) is 5.65 Å². The highest BCUT2D eigenvalue weighted by atomic mass is 19.4. The van der Waals surface area contributed by atoms with Crippen molar-refractivity contribution in [2.45, 2.75) is 51.2 Å². The van der Waals surface area contributed by atoms with Crippen LogP contribution in [-0.2, 0) is 11.0 Å². The molecule has 2 aromatic heterocycles. The second kappa shape index (κ2) is 8.21. The number of likely N-dealkylation sites (tertiary alicyclic amines) is 1. The van der Waals surface area contributed by atoms with Crippen molar-refractivity contribution in [1.82, 2.24) is 30.1 Å². The van der Waals surface area contributed by atoms with Gasteiger partial charge in [-0.15, -0.1) is 10.2 Å². The molecule has 0 radical (unpaired) electrons. The third-order valence-corrected chi connectivity index (χ3v) is 4.74. The number of hydrogen-bond acceptors (Lipinski definition) is 5. The zero-order valence-corrected chi connectivity index (χ0v) is 17.1. The Hall–Kier alpha value is -2.69. The first-order chi connectivity index (χ1) is 13.9. The number of rotatable bonds is 3. The molecule has 0 aromatic carbocycles. The quantitative estimate of drug-likeness (QED) is 0.787. The van der Waals surface area contributed by atoms with Crippen LogP contribution in [-0.4, -0.2) is 56.6 Å². The highest BCUT2D eigenvalue weighted by Gasteiger charge is 2.32. The molecule has 1 saturated heterocycles. The normalized spacial score (nSPS) is 18.4. The van der Waals surface area contributed by atoms with Gasteiger partial charge in [0.1, 0.15) is 5.82 Å². The van der Waals surface area contributed by atoms with Crippen LogP contribution < -0.4 is 10.6 Å². The number of fused-ring (bicyclic) bond motifs is 1. The van der Waals surface area contributed by atoms with E-state index in [1.54, 1.807) is 20.8 Å². The van der Waals surface area contributed by atoms with Crippen molar-refractivity contribution < 1.29 is 22.8 Å². The number of imide groups is 1. The molecule has 2 aromatic rings. The average Bonchev–Trinajstić information content (AvgIpc) is 3.02. The zero-order valence-electron chi connectivity index (χ0n) is 17.1. The van der Waals surface area contributed by atoms with Gasteiger partial charge in [0.25, 0.3) is 0 Å². The highest BCUT2D eigenvalue weighted by Crippen LogP contribution is 2.31. The SMILES string of the molecule is CC(C)(C)NC(=O)NC(=O)CN1CCCC(c2nnc3ccc(C(F)(F)F)cn23)C1. The molecule has 0 aliphatic carbocycles. The van der Waals surface area contributed by atoms with Gasteiger partial charge >= 0.3 is 12.2 Å². The topological polar surface area (TPSA) is 91.6 Å². The number of hydrogen-bond donors (Lipinski definition) is 2. The highest BCUT2D eigenvalue weighted by molar-refractivity contribution is 5.95. The summed E-state index contributed by atoms with van der Waals surface area (Å²) in [5.74, 6) is -0.178. The Bertz CT molecular complexity index is 934. The van der Waals surface area contributed by atoms with Gasteiger partial charge in [-0.3, -0.25) is 19.4 Å². The summed E-state index contributed by atoms with van der Waals surface area (Å²) in [5.41, 5.74) is -0.899. The molecule has 1 fully saturated rings. The van der Waals surface area contributed by atoms with Crippen LogP contribution in [0.1, 0.15) is 50.9 Å². The van der Waals surface area contributed by atoms with Crippen LogP contribution in [0.5, 0.6) is 0 Å². The number of halogens is 3. The van der Waals surface area contributed by atoms with E-state index in [1.165, 1.54) is 10.5 Å². The molecule has 3 amide bonds. The van der Waals surface area contributed by atoms with Crippen LogP contribution in [0, 0.1) is 0 Å². The van der Waals surface area contributed by atoms with E-state index >= 15 is 0 Å². The Kier molecular flexibility index (Phi) is 6.02. The summed E-state index contributed by atoms with van der Waals surface area (Å²) in [4.78, 5) is 25.9. The maximum Gasteiger partial charge on any atom is 0.417 e. The molecule has 2 N–H and O–H groups in total. The predicted octanol–water partition coefficient (Wildman–Crippen LogP) is 2.55.